The zero-order valence-electron chi connectivity index (χ0n) is 15.4. The normalized spacial score (nSPS) is 14.3. The van der Waals surface area contributed by atoms with E-state index in [1.54, 1.807) is 19.9 Å². The van der Waals surface area contributed by atoms with Crippen molar-refractivity contribution in [1.82, 2.24) is 10.1 Å². The molecule has 3 rings (SSSR count). The van der Waals surface area contributed by atoms with Crippen molar-refractivity contribution in [3.8, 4) is 0 Å². The molecule has 7 nitrogen and oxygen atoms in total. The van der Waals surface area contributed by atoms with Crippen molar-refractivity contribution in [2.75, 3.05) is 18.5 Å². The SMILES string of the molecule is CCOC(=O)c1c(NC(=O)c2cc(C)no2)sc2c1CCN(C(C)C)C2. The fourth-order valence-electron chi connectivity index (χ4n) is 3.01. The number of fused-ring (bicyclic) bond motifs is 1. The van der Waals surface area contributed by atoms with Gasteiger partial charge in [0.05, 0.1) is 17.9 Å². The van der Waals surface area contributed by atoms with E-state index < -0.39 is 11.9 Å². The molecule has 1 aliphatic rings. The molecule has 0 unspecified atom stereocenters. The molecule has 0 atom stereocenters. The molecule has 1 amide bonds. The summed E-state index contributed by atoms with van der Waals surface area (Å²) in [5, 5.41) is 7.05. The first-order valence-corrected chi connectivity index (χ1v) is 9.52. The summed E-state index contributed by atoms with van der Waals surface area (Å²) in [4.78, 5) is 28.4. The van der Waals surface area contributed by atoms with Crippen molar-refractivity contribution in [2.24, 2.45) is 0 Å². The van der Waals surface area contributed by atoms with E-state index >= 15 is 0 Å². The predicted molar refractivity (Wildman–Crippen MR) is 98.7 cm³/mol. The lowest BCUT2D eigenvalue weighted by Gasteiger charge is -2.30. The highest BCUT2D eigenvalue weighted by molar-refractivity contribution is 7.17. The molecule has 0 saturated carbocycles. The summed E-state index contributed by atoms with van der Waals surface area (Å²) in [5.74, 6) is -0.699. The summed E-state index contributed by atoms with van der Waals surface area (Å²) in [6, 6.07) is 1.99. The minimum Gasteiger partial charge on any atom is -0.462 e. The molecule has 0 aromatic carbocycles. The molecular formula is C18H23N3O4S. The summed E-state index contributed by atoms with van der Waals surface area (Å²) in [6.07, 6.45) is 0.759. The molecule has 0 bridgehead atoms. The van der Waals surface area contributed by atoms with Gasteiger partial charge in [-0.2, -0.15) is 0 Å². The fraction of sp³-hybridized carbons (Fsp3) is 0.500. The largest absolute Gasteiger partial charge is 0.462 e. The maximum atomic E-state index is 12.5. The van der Waals surface area contributed by atoms with Crippen LogP contribution in [0.4, 0.5) is 5.00 Å². The zero-order valence-corrected chi connectivity index (χ0v) is 16.2. The third-order valence-electron chi connectivity index (χ3n) is 4.38. The van der Waals surface area contributed by atoms with Crippen molar-refractivity contribution < 1.29 is 18.8 Å². The summed E-state index contributed by atoms with van der Waals surface area (Å²) >= 11 is 1.43. The van der Waals surface area contributed by atoms with Crippen molar-refractivity contribution in [1.29, 1.82) is 0 Å². The van der Waals surface area contributed by atoms with Gasteiger partial charge in [0.2, 0.25) is 5.76 Å². The number of rotatable bonds is 5. The van der Waals surface area contributed by atoms with E-state index in [9.17, 15) is 9.59 Å². The van der Waals surface area contributed by atoms with Crippen molar-refractivity contribution in [3.05, 3.63) is 33.5 Å². The number of aromatic nitrogens is 1. The standard InChI is InChI=1S/C18H23N3O4S/c1-5-24-18(23)15-12-6-7-21(10(2)3)9-14(12)26-17(15)19-16(22)13-8-11(4)20-25-13/h8,10H,5-7,9H2,1-4H3,(H,19,22). The number of carbonyl (C=O) groups excluding carboxylic acids is 2. The lowest BCUT2D eigenvalue weighted by atomic mass is 10.0. The second-order valence-corrected chi connectivity index (χ2v) is 7.63. The first kappa shape index (κ1) is 18.6. The molecule has 3 heterocycles. The second kappa shape index (κ2) is 7.59. The number of thiophene rings is 1. The predicted octanol–water partition coefficient (Wildman–Crippen LogP) is 3.24. The van der Waals surface area contributed by atoms with Gasteiger partial charge in [-0.1, -0.05) is 5.16 Å². The van der Waals surface area contributed by atoms with Crippen LogP contribution in [-0.4, -0.2) is 41.1 Å². The number of ether oxygens (including phenoxy) is 1. The first-order valence-electron chi connectivity index (χ1n) is 8.71. The highest BCUT2D eigenvalue weighted by atomic mass is 32.1. The average Bonchev–Trinajstić information content (AvgIpc) is 3.17. The second-order valence-electron chi connectivity index (χ2n) is 6.53. The Balaban J connectivity index is 1.93. The highest BCUT2D eigenvalue weighted by Gasteiger charge is 2.30. The zero-order chi connectivity index (χ0) is 18.8. The number of nitrogens with one attached hydrogen (secondary N) is 1. The van der Waals surface area contributed by atoms with E-state index in [0.717, 1.165) is 30.0 Å². The quantitative estimate of drug-likeness (QED) is 0.805. The molecule has 2 aromatic heterocycles. The van der Waals surface area contributed by atoms with Gasteiger partial charge < -0.3 is 14.6 Å². The molecule has 1 aliphatic heterocycles. The molecule has 2 aromatic rings. The average molecular weight is 377 g/mol. The van der Waals surface area contributed by atoms with Crippen LogP contribution in [0.3, 0.4) is 0 Å². The van der Waals surface area contributed by atoms with Crippen molar-refractivity contribution in [2.45, 2.75) is 46.7 Å². The number of hydrogen-bond acceptors (Lipinski definition) is 7. The third kappa shape index (κ3) is 3.66. The summed E-state index contributed by atoms with van der Waals surface area (Å²) < 4.78 is 10.2. The Hall–Kier alpha value is -2.19. The van der Waals surface area contributed by atoms with Gasteiger partial charge in [-0.05, 0) is 39.7 Å². The van der Waals surface area contributed by atoms with Crippen LogP contribution in [0.1, 0.15) is 57.8 Å². The Morgan fingerprint density at radius 2 is 2.23 bits per heavy atom. The molecule has 1 N–H and O–H groups in total. The van der Waals surface area contributed by atoms with Gasteiger partial charge in [0, 0.05) is 30.1 Å². The summed E-state index contributed by atoms with van der Waals surface area (Å²) in [7, 11) is 0. The van der Waals surface area contributed by atoms with Gasteiger partial charge in [-0.3, -0.25) is 9.69 Å². The minimum atomic E-state index is -0.421. The van der Waals surface area contributed by atoms with Crippen molar-refractivity contribution in [3.63, 3.8) is 0 Å². The van der Waals surface area contributed by atoms with Crippen LogP contribution >= 0.6 is 11.3 Å². The number of esters is 1. The molecule has 26 heavy (non-hydrogen) atoms. The van der Waals surface area contributed by atoms with E-state index in [0.29, 0.717) is 22.3 Å². The van der Waals surface area contributed by atoms with Gasteiger partial charge in [0.25, 0.3) is 5.91 Å². The topological polar surface area (TPSA) is 84.7 Å². The highest BCUT2D eigenvalue weighted by Crippen LogP contribution is 2.38. The van der Waals surface area contributed by atoms with Gasteiger partial charge in [0.1, 0.15) is 5.00 Å². The number of anilines is 1. The van der Waals surface area contributed by atoms with Crippen LogP contribution in [0.5, 0.6) is 0 Å². The molecule has 0 fully saturated rings. The lowest BCUT2D eigenvalue weighted by Crippen LogP contribution is -2.35. The maximum Gasteiger partial charge on any atom is 0.341 e. The number of amides is 1. The van der Waals surface area contributed by atoms with Crippen LogP contribution in [-0.2, 0) is 17.7 Å². The van der Waals surface area contributed by atoms with Crippen LogP contribution in [0.2, 0.25) is 0 Å². The molecule has 0 spiro atoms. The van der Waals surface area contributed by atoms with E-state index in [1.807, 2.05) is 0 Å². The third-order valence-corrected chi connectivity index (χ3v) is 5.51. The van der Waals surface area contributed by atoms with Crippen LogP contribution in [0.25, 0.3) is 0 Å². The van der Waals surface area contributed by atoms with Crippen LogP contribution in [0.15, 0.2) is 10.6 Å². The number of carbonyl (C=O) groups is 2. The van der Waals surface area contributed by atoms with E-state index in [4.69, 9.17) is 9.26 Å². The smallest absolute Gasteiger partial charge is 0.341 e. The van der Waals surface area contributed by atoms with Gasteiger partial charge in [-0.25, -0.2) is 4.79 Å². The Kier molecular flexibility index (Phi) is 5.43. The van der Waals surface area contributed by atoms with E-state index in [1.165, 1.54) is 11.3 Å². The lowest BCUT2D eigenvalue weighted by molar-refractivity contribution is 0.0526. The molecule has 0 aliphatic carbocycles. The molecule has 0 radical (unpaired) electrons. The monoisotopic (exact) mass is 377 g/mol. The first-order chi connectivity index (χ1) is 12.4. The number of hydrogen-bond donors (Lipinski definition) is 1. The molecular weight excluding hydrogens is 354 g/mol. The maximum absolute atomic E-state index is 12.5. The Labute approximate surface area is 156 Å². The van der Waals surface area contributed by atoms with Gasteiger partial charge in [0.15, 0.2) is 0 Å². The van der Waals surface area contributed by atoms with Crippen LogP contribution in [0, 0.1) is 6.92 Å². The summed E-state index contributed by atoms with van der Waals surface area (Å²) in [5.41, 5.74) is 2.08. The molecule has 8 heteroatoms. The number of aryl methyl sites for hydroxylation is 1. The van der Waals surface area contributed by atoms with Crippen LogP contribution < -0.4 is 5.32 Å². The Morgan fingerprint density at radius 3 is 2.85 bits per heavy atom. The molecule has 0 saturated heterocycles. The Bertz CT molecular complexity index is 825. The van der Waals surface area contributed by atoms with Gasteiger partial charge in [-0.15, -0.1) is 11.3 Å². The van der Waals surface area contributed by atoms with Crippen molar-refractivity contribution >= 4 is 28.2 Å². The fourth-order valence-corrected chi connectivity index (χ4v) is 4.26. The minimum absolute atomic E-state index is 0.118. The van der Waals surface area contributed by atoms with Gasteiger partial charge >= 0.3 is 5.97 Å². The Morgan fingerprint density at radius 1 is 1.46 bits per heavy atom. The molecule has 140 valence electrons. The summed E-state index contributed by atoms with van der Waals surface area (Å²) in [6.45, 7) is 9.75. The van der Waals surface area contributed by atoms with E-state index in [2.05, 4.69) is 29.2 Å². The number of nitrogens with zero attached hydrogens (tertiary/aromatic N) is 2. The van der Waals surface area contributed by atoms with E-state index in [-0.39, 0.29) is 12.4 Å².